The van der Waals surface area contributed by atoms with Gasteiger partial charge in [0.05, 0.1) is 13.4 Å². The minimum Gasteiger partial charge on any atom is -0.487 e. The van der Waals surface area contributed by atoms with E-state index in [1.807, 2.05) is 12.1 Å². The van der Waals surface area contributed by atoms with E-state index in [9.17, 15) is 4.39 Å². The van der Waals surface area contributed by atoms with Crippen molar-refractivity contribution in [3.05, 3.63) is 73.1 Å². The summed E-state index contributed by atoms with van der Waals surface area (Å²) >= 11 is 4.40. The molecule has 24 heavy (non-hydrogen) atoms. The van der Waals surface area contributed by atoms with Crippen molar-refractivity contribution >= 4 is 51.4 Å². The third kappa shape index (κ3) is 4.29. The van der Waals surface area contributed by atoms with Crippen molar-refractivity contribution in [2.75, 3.05) is 0 Å². The molecule has 0 saturated heterocycles. The predicted molar refractivity (Wildman–Crippen MR) is 106 cm³/mol. The average molecular weight is 548 g/mol. The number of hydrogen-bond acceptors (Lipinski definition) is 4. The molecular weight excluding hydrogens is 537 g/mol. The molecule has 0 aliphatic carbocycles. The van der Waals surface area contributed by atoms with Crippen molar-refractivity contribution in [1.29, 1.82) is 0 Å². The maximum atomic E-state index is 13.7. The molecule has 0 amide bonds. The van der Waals surface area contributed by atoms with Gasteiger partial charge in [0.15, 0.2) is 0 Å². The highest BCUT2D eigenvalue weighted by molar-refractivity contribution is 14.1. The first kappa shape index (κ1) is 17.3. The quantitative estimate of drug-likeness (QED) is 0.357. The van der Waals surface area contributed by atoms with Crippen LogP contribution in [0, 0.1) is 13.0 Å². The van der Waals surface area contributed by atoms with Gasteiger partial charge in [0.1, 0.15) is 30.8 Å². The lowest BCUT2D eigenvalue weighted by atomic mass is 10.2. The van der Waals surface area contributed by atoms with E-state index in [4.69, 9.17) is 4.74 Å². The fourth-order valence-corrected chi connectivity index (χ4v) is 4.07. The SMILES string of the molecule is Fc1ccccc1COc1c(I)cc(/C=N/n2cnnc2)cc1I. The van der Waals surface area contributed by atoms with Crippen LogP contribution in [0.5, 0.6) is 5.75 Å². The van der Waals surface area contributed by atoms with Gasteiger partial charge < -0.3 is 4.74 Å². The van der Waals surface area contributed by atoms with E-state index in [1.165, 1.54) is 23.4 Å². The molecule has 8 heteroatoms. The first-order chi connectivity index (χ1) is 11.6. The Morgan fingerprint density at radius 1 is 1.12 bits per heavy atom. The van der Waals surface area contributed by atoms with E-state index >= 15 is 0 Å². The molecule has 2 aromatic carbocycles. The maximum Gasteiger partial charge on any atom is 0.146 e. The second-order valence-corrected chi connectivity index (χ2v) is 7.10. The fourth-order valence-electron chi connectivity index (χ4n) is 1.95. The lowest BCUT2D eigenvalue weighted by molar-refractivity contribution is 0.295. The highest BCUT2D eigenvalue weighted by Crippen LogP contribution is 2.29. The molecule has 1 aromatic heterocycles. The Bertz CT molecular complexity index is 845. The summed E-state index contributed by atoms with van der Waals surface area (Å²) in [7, 11) is 0. The highest BCUT2D eigenvalue weighted by atomic mass is 127. The van der Waals surface area contributed by atoms with E-state index in [-0.39, 0.29) is 12.4 Å². The van der Waals surface area contributed by atoms with Crippen LogP contribution in [0.2, 0.25) is 0 Å². The smallest absolute Gasteiger partial charge is 0.146 e. The Morgan fingerprint density at radius 2 is 1.79 bits per heavy atom. The van der Waals surface area contributed by atoms with Gasteiger partial charge in [-0.1, -0.05) is 18.2 Å². The van der Waals surface area contributed by atoms with Gasteiger partial charge in [-0.15, -0.1) is 10.2 Å². The maximum absolute atomic E-state index is 13.7. The number of rotatable bonds is 5. The molecule has 0 spiro atoms. The van der Waals surface area contributed by atoms with E-state index in [2.05, 4.69) is 60.5 Å². The zero-order valence-electron chi connectivity index (χ0n) is 12.2. The first-order valence-electron chi connectivity index (χ1n) is 6.88. The van der Waals surface area contributed by atoms with Crippen LogP contribution in [0.25, 0.3) is 0 Å². The van der Waals surface area contributed by atoms with E-state index in [1.54, 1.807) is 24.4 Å². The Hall–Kier alpha value is -1.56. The molecule has 0 aliphatic rings. The number of benzene rings is 2. The van der Waals surface area contributed by atoms with Gasteiger partial charge in [0.25, 0.3) is 0 Å². The number of ether oxygens (including phenoxy) is 1. The molecule has 122 valence electrons. The van der Waals surface area contributed by atoms with Crippen LogP contribution >= 0.6 is 45.2 Å². The average Bonchev–Trinajstić information content (AvgIpc) is 3.07. The summed E-state index contributed by atoms with van der Waals surface area (Å²) in [6.07, 6.45) is 4.74. The van der Waals surface area contributed by atoms with Gasteiger partial charge >= 0.3 is 0 Å². The van der Waals surface area contributed by atoms with Gasteiger partial charge in [-0.2, -0.15) is 5.10 Å². The van der Waals surface area contributed by atoms with Crippen molar-refractivity contribution in [3.63, 3.8) is 0 Å². The van der Waals surface area contributed by atoms with Gasteiger partial charge in [0.2, 0.25) is 0 Å². The number of aromatic nitrogens is 3. The normalized spacial score (nSPS) is 11.1. The number of halogens is 3. The van der Waals surface area contributed by atoms with Crippen LogP contribution in [0.15, 0.2) is 54.2 Å². The molecule has 0 N–H and O–H groups in total. The largest absolute Gasteiger partial charge is 0.487 e. The molecular formula is C16H11FI2N4O. The second kappa shape index (κ2) is 8.01. The molecule has 0 radical (unpaired) electrons. The Morgan fingerprint density at radius 3 is 2.46 bits per heavy atom. The summed E-state index contributed by atoms with van der Waals surface area (Å²) in [5.41, 5.74) is 1.46. The Kier molecular flexibility index (Phi) is 5.76. The molecule has 3 aromatic rings. The zero-order chi connectivity index (χ0) is 16.9. The second-order valence-electron chi connectivity index (χ2n) is 4.78. The van der Waals surface area contributed by atoms with Gasteiger partial charge in [-0.3, -0.25) is 0 Å². The lowest BCUT2D eigenvalue weighted by Crippen LogP contribution is -2.02. The van der Waals surface area contributed by atoms with Crippen LogP contribution in [-0.2, 0) is 6.61 Å². The van der Waals surface area contributed by atoms with Crippen molar-refractivity contribution in [2.24, 2.45) is 5.10 Å². The minimum atomic E-state index is -0.264. The van der Waals surface area contributed by atoms with Crippen LogP contribution in [0.4, 0.5) is 4.39 Å². The lowest BCUT2D eigenvalue weighted by Gasteiger charge is -2.12. The monoisotopic (exact) mass is 548 g/mol. The summed E-state index contributed by atoms with van der Waals surface area (Å²) in [4.78, 5) is 0. The van der Waals surface area contributed by atoms with Crippen LogP contribution < -0.4 is 4.74 Å². The Labute approximate surface area is 165 Å². The summed E-state index contributed by atoms with van der Waals surface area (Å²) in [6.45, 7) is 0.187. The van der Waals surface area contributed by atoms with Crippen molar-refractivity contribution in [3.8, 4) is 5.75 Å². The molecule has 5 nitrogen and oxygen atoms in total. The third-order valence-electron chi connectivity index (χ3n) is 3.10. The van der Waals surface area contributed by atoms with Gasteiger partial charge in [-0.05, 0) is 68.9 Å². The van der Waals surface area contributed by atoms with Crippen LogP contribution in [0.3, 0.4) is 0 Å². The predicted octanol–water partition coefficient (Wildman–Crippen LogP) is 4.09. The molecule has 0 unspecified atom stereocenters. The number of nitrogens with zero attached hydrogens (tertiary/aromatic N) is 4. The molecule has 0 atom stereocenters. The van der Waals surface area contributed by atoms with Crippen molar-refractivity contribution in [2.45, 2.75) is 6.61 Å². The molecule has 1 heterocycles. The van der Waals surface area contributed by atoms with Gasteiger partial charge in [-0.25, -0.2) is 9.07 Å². The summed E-state index contributed by atoms with van der Waals surface area (Å²) in [5, 5.41) is 11.6. The molecule has 0 aliphatic heterocycles. The van der Waals surface area contributed by atoms with Crippen LogP contribution in [-0.4, -0.2) is 21.1 Å². The molecule has 0 bridgehead atoms. The van der Waals surface area contributed by atoms with Crippen molar-refractivity contribution in [1.82, 2.24) is 14.9 Å². The van der Waals surface area contributed by atoms with E-state index in [0.29, 0.717) is 5.56 Å². The standard InChI is InChI=1S/C16H11FI2N4O/c17-13-4-2-1-3-12(13)8-24-16-14(18)5-11(6-15(16)19)7-22-23-9-20-21-10-23/h1-7,9-10H,8H2/b22-7+. The third-order valence-corrected chi connectivity index (χ3v) is 4.70. The highest BCUT2D eigenvalue weighted by Gasteiger charge is 2.10. The van der Waals surface area contributed by atoms with Gasteiger partial charge in [0, 0.05) is 5.56 Å². The van der Waals surface area contributed by atoms with E-state index in [0.717, 1.165) is 18.5 Å². The van der Waals surface area contributed by atoms with Crippen molar-refractivity contribution < 1.29 is 9.13 Å². The van der Waals surface area contributed by atoms with E-state index < -0.39 is 0 Å². The summed E-state index contributed by atoms with van der Waals surface area (Å²) < 4.78 is 22.9. The molecule has 0 fully saturated rings. The summed E-state index contributed by atoms with van der Waals surface area (Å²) in [6, 6.07) is 10.5. The first-order valence-corrected chi connectivity index (χ1v) is 9.03. The summed E-state index contributed by atoms with van der Waals surface area (Å²) in [5.74, 6) is 0.473. The zero-order valence-corrected chi connectivity index (χ0v) is 16.5. The topological polar surface area (TPSA) is 52.3 Å². The van der Waals surface area contributed by atoms with Crippen LogP contribution in [0.1, 0.15) is 11.1 Å². The minimum absolute atomic E-state index is 0.187. The molecule has 0 saturated carbocycles. The number of hydrogen-bond donors (Lipinski definition) is 0. The Balaban J connectivity index is 1.76. The fraction of sp³-hybridized carbons (Fsp3) is 0.0625. The molecule has 3 rings (SSSR count).